The highest BCUT2D eigenvalue weighted by molar-refractivity contribution is 6.09. The van der Waals surface area contributed by atoms with Crippen LogP contribution >= 0.6 is 0 Å². The van der Waals surface area contributed by atoms with Gasteiger partial charge >= 0.3 is 0 Å². The Morgan fingerprint density at radius 3 is 1.97 bits per heavy atom. The zero-order valence-electron chi connectivity index (χ0n) is 20.6. The highest BCUT2D eigenvalue weighted by Crippen LogP contribution is 2.37. The lowest BCUT2D eigenvalue weighted by atomic mass is 10.1. The van der Waals surface area contributed by atoms with E-state index >= 15 is 0 Å². The van der Waals surface area contributed by atoms with Gasteiger partial charge in [-0.1, -0.05) is 12.1 Å². The van der Waals surface area contributed by atoms with Gasteiger partial charge in [0.15, 0.2) is 23.0 Å². The Kier molecular flexibility index (Phi) is 8.71. The number of hydrogen-bond donors (Lipinski definition) is 2. The Balaban J connectivity index is 1.76. The highest BCUT2D eigenvalue weighted by Gasteiger charge is 2.16. The lowest BCUT2D eigenvalue weighted by Gasteiger charge is -2.13. The van der Waals surface area contributed by atoms with Crippen LogP contribution in [0.4, 0.5) is 5.69 Å². The van der Waals surface area contributed by atoms with Gasteiger partial charge in [0.2, 0.25) is 5.75 Å². The Bertz CT molecular complexity index is 1250. The minimum absolute atomic E-state index is 0.230. The molecule has 0 heterocycles. The number of carbonyl (C=O) groups excluding carboxylic acids is 2. The summed E-state index contributed by atoms with van der Waals surface area (Å²) in [5, 5.41) is 6.78. The first-order valence-electron chi connectivity index (χ1n) is 10.7. The van der Waals surface area contributed by atoms with Crippen LogP contribution in [0.5, 0.6) is 28.7 Å². The van der Waals surface area contributed by atoms with Crippen molar-refractivity contribution < 1.29 is 33.3 Å². The molecule has 3 aromatic rings. The van der Waals surface area contributed by atoms with Crippen LogP contribution in [0.1, 0.15) is 26.3 Å². The predicted molar refractivity (Wildman–Crippen MR) is 135 cm³/mol. The number of anilines is 1. The van der Waals surface area contributed by atoms with Gasteiger partial charge in [0, 0.05) is 11.1 Å². The molecule has 0 aliphatic carbocycles. The van der Waals surface area contributed by atoms with Crippen LogP contribution in [0.25, 0.3) is 0 Å². The highest BCUT2D eigenvalue weighted by atomic mass is 16.5. The molecule has 0 unspecified atom stereocenters. The number of carbonyl (C=O) groups is 2. The first-order chi connectivity index (χ1) is 17.4. The average Bonchev–Trinajstić information content (AvgIpc) is 2.92. The zero-order chi connectivity index (χ0) is 26.1. The zero-order valence-corrected chi connectivity index (χ0v) is 20.6. The number of ether oxygens (including phenoxy) is 5. The minimum atomic E-state index is -0.512. The molecule has 2 amide bonds. The summed E-state index contributed by atoms with van der Waals surface area (Å²) >= 11 is 0. The Morgan fingerprint density at radius 1 is 0.722 bits per heavy atom. The van der Waals surface area contributed by atoms with Gasteiger partial charge in [-0.05, 0) is 42.5 Å². The number of para-hydroxylation sites is 1. The third kappa shape index (κ3) is 5.84. The van der Waals surface area contributed by atoms with Crippen LogP contribution in [0, 0.1) is 0 Å². The molecule has 0 fully saturated rings. The fraction of sp³-hybridized carbons (Fsp3) is 0.192. The summed E-state index contributed by atoms with van der Waals surface area (Å²) in [5.74, 6) is 1.33. The second-order valence-corrected chi connectivity index (χ2v) is 7.23. The lowest BCUT2D eigenvalue weighted by molar-refractivity contribution is 0.0956. The molecule has 3 aromatic carbocycles. The molecule has 0 aromatic heterocycles. The number of nitrogens with one attached hydrogen (secondary N) is 2. The molecule has 36 heavy (non-hydrogen) atoms. The summed E-state index contributed by atoms with van der Waals surface area (Å²) in [6.07, 6.45) is 1.44. The lowest BCUT2D eigenvalue weighted by Crippen LogP contribution is -2.21. The summed E-state index contributed by atoms with van der Waals surface area (Å²) in [5.41, 5.74) is 3.96. The van der Waals surface area contributed by atoms with E-state index in [0.717, 1.165) is 0 Å². The molecule has 0 bridgehead atoms. The minimum Gasteiger partial charge on any atom is -0.493 e. The van der Waals surface area contributed by atoms with Crippen molar-refractivity contribution >= 4 is 23.7 Å². The molecule has 0 radical (unpaired) electrons. The fourth-order valence-electron chi connectivity index (χ4n) is 3.36. The Hall–Kier alpha value is -4.73. The van der Waals surface area contributed by atoms with Crippen molar-refractivity contribution in [1.82, 2.24) is 5.43 Å². The summed E-state index contributed by atoms with van der Waals surface area (Å²) in [7, 11) is 7.52. The summed E-state index contributed by atoms with van der Waals surface area (Å²) in [4.78, 5) is 25.6. The van der Waals surface area contributed by atoms with Crippen molar-refractivity contribution in [1.29, 1.82) is 0 Å². The number of hydrazone groups is 1. The summed E-state index contributed by atoms with van der Waals surface area (Å²) < 4.78 is 26.4. The number of benzene rings is 3. The van der Waals surface area contributed by atoms with Crippen molar-refractivity contribution in [2.75, 3.05) is 40.9 Å². The third-order valence-corrected chi connectivity index (χ3v) is 5.13. The maximum atomic E-state index is 12.8. The summed E-state index contributed by atoms with van der Waals surface area (Å²) in [6.45, 7) is 0. The van der Waals surface area contributed by atoms with Gasteiger partial charge in [-0.25, -0.2) is 5.43 Å². The number of amides is 2. The maximum absolute atomic E-state index is 12.8. The van der Waals surface area contributed by atoms with Crippen molar-refractivity contribution in [3.05, 3.63) is 71.3 Å². The molecule has 10 heteroatoms. The number of nitrogens with zero attached hydrogens (tertiary/aromatic N) is 1. The molecule has 0 aliphatic heterocycles. The van der Waals surface area contributed by atoms with Gasteiger partial charge in [-0.2, -0.15) is 5.10 Å². The van der Waals surface area contributed by atoms with Gasteiger partial charge in [0.05, 0.1) is 53.0 Å². The molecular weight excluding hydrogens is 466 g/mol. The third-order valence-electron chi connectivity index (χ3n) is 5.13. The molecule has 0 spiro atoms. The first kappa shape index (κ1) is 25.9. The van der Waals surface area contributed by atoms with Crippen LogP contribution in [-0.2, 0) is 0 Å². The molecular formula is C26H27N3O7. The van der Waals surface area contributed by atoms with Crippen LogP contribution < -0.4 is 34.4 Å². The van der Waals surface area contributed by atoms with Gasteiger partial charge < -0.3 is 29.0 Å². The van der Waals surface area contributed by atoms with Crippen molar-refractivity contribution in [3.63, 3.8) is 0 Å². The molecule has 2 N–H and O–H groups in total. The van der Waals surface area contributed by atoms with E-state index in [1.807, 2.05) is 0 Å². The number of rotatable bonds is 10. The van der Waals surface area contributed by atoms with Crippen molar-refractivity contribution in [2.45, 2.75) is 0 Å². The van der Waals surface area contributed by atoms with E-state index in [0.29, 0.717) is 45.6 Å². The molecule has 188 valence electrons. The molecule has 0 atom stereocenters. The molecule has 0 saturated carbocycles. The summed E-state index contributed by atoms with van der Waals surface area (Å²) in [6, 6.07) is 14.8. The van der Waals surface area contributed by atoms with Crippen LogP contribution in [0.2, 0.25) is 0 Å². The fourth-order valence-corrected chi connectivity index (χ4v) is 3.36. The maximum Gasteiger partial charge on any atom is 0.273 e. The van der Waals surface area contributed by atoms with E-state index in [-0.39, 0.29) is 5.56 Å². The van der Waals surface area contributed by atoms with Crippen molar-refractivity contribution in [2.24, 2.45) is 5.10 Å². The topological polar surface area (TPSA) is 117 Å². The first-order valence-corrected chi connectivity index (χ1v) is 10.7. The normalized spacial score (nSPS) is 10.5. The van der Waals surface area contributed by atoms with Crippen LogP contribution in [0.3, 0.4) is 0 Å². The average molecular weight is 494 g/mol. The standard InChI is InChI=1S/C26H27N3O7/c1-32-20-11-10-17(14-21(20)33-2)25(30)28-19-9-7-6-8-18(19)26(31)29-27-15-16-12-22(34-3)24(36-5)23(13-16)35-4/h6-15H,1-5H3,(H,28,30)(H,29,31)/b27-15+. The number of hydrogen-bond acceptors (Lipinski definition) is 8. The molecule has 0 aliphatic rings. The number of methoxy groups -OCH3 is 5. The van der Waals surface area contributed by atoms with Gasteiger partial charge in [-0.15, -0.1) is 0 Å². The quantitative estimate of drug-likeness (QED) is 0.326. The van der Waals surface area contributed by atoms with E-state index in [1.165, 1.54) is 41.8 Å². The van der Waals surface area contributed by atoms with Crippen molar-refractivity contribution in [3.8, 4) is 28.7 Å². The van der Waals surface area contributed by atoms with E-state index in [1.54, 1.807) is 54.6 Å². The van der Waals surface area contributed by atoms with Gasteiger partial charge in [-0.3, -0.25) is 9.59 Å². The van der Waals surface area contributed by atoms with Gasteiger partial charge in [0.25, 0.3) is 11.8 Å². The molecule has 10 nitrogen and oxygen atoms in total. The molecule has 3 rings (SSSR count). The molecule has 0 saturated heterocycles. The van der Waals surface area contributed by atoms with Crippen LogP contribution in [0.15, 0.2) is 59.7 Å². The monoisotopic (exact) mass is 493 g/mol. The smallest absolute Gasteiger partial charge is 0.273 e. The van der Waals surface area contributed by atoms with E-state index in [2.05, 4.69) is 15.8 Å². The Morgan fingerprint density at radius 2 is 1.36 bits per heavy atom. The van der Waals surface area contributed by atoms with E-state index in [9.17, 15) is 9.59 Å². The van der Waals surface area contributed by atoms with Gasteiger partial charge in [0.1, 0.15) is 0 Å². The van der Waals surface area contributed by atoms with E-state index in [4.69, 9.17) is 23.7 Å². The Labute approximate surface area is 208 Å². The van der Waals surface area contributed by atoms with Crippen LogP contribution in [-0.4, -0.2) is 53.6 Å². The SMILES string of the molecule is COc1ccc(C(=O)Nc2ccccc2C(=O)N/N=C/c2cc(OC)c(OC)c(OC)c2)cc1OC. The second-order valence-electron chi connectivity index (χ2n) is 7.23. The predicted octanol–water partition coefficient (Wildman–Crippen LogP) is 3.75. The van der Waals surface area contributed by atoms with E-state index < -0.39 is 11.8 Å². The largest absolute Gasteiger partial charge is 0.493 e. The second kappa shape index (κ2) is 12.1.